The maximum atomic E-state index is 12.7. The van der Waals surface area contributed by atoms with Crippen LogP contribution in [-0.4, -0.2) is 80.9 Å². The average Bonchev–Trinajstić information content (AvgIpc) is 3.38. The van der Waals surface area contributed by atoms with Crippen molar-refractivity contribution in [3.63, 3.8) is 0 Å². The summed E-state index contributed by atoms with van der Waals surface area (Å²) >= 11 is 2.96. The highest BCUT2D eigenvalue weighted by Crippen LogP contribution is 2.31. The number of aromatic nitrogens is 3. The molecule has 10 heteroatoms. The van der Waals surface area contributed by atoms with Gasteiger partial charge in [0.25, 0.3) is 0 Å². The number of aromatic amines is 1. The van der Waals surface area contributed by atoms with E-state index in [0.29, 0.717) is 50.1 Å². The molecule has 2 amide bonds. The number of thioether (sulfide) groups is 1. The second kappa shape index (κ2) is 8.85. The number of amides is 2. The number of rotatable bonds is 5. The van der Waals surface area contributed by atoms with Gasteiger partial charge in [-0.25, -0.2) is 4.98 Å². The number of nitrogens with zero attached hydrogens (tertiary/aromatic N) is 4. The van der Waals surface area contributed by atoms with Gasteiger partial charge in [0.2, 0.25) is 17.0 Å². The number of likely N-dealkylation sites (tertiary alicyclic amines) is 1. The Bertz CT molecular complexity index is 846. The first-order valence-corrected chi connectivity index (χ1v) is 11.6. The molecule has 4 rings (SSSR count). The summed E-state index contributed by atoms with van der Waals surface area (Å²) in [5.74, 6) is 1.31. The first kappa shape index (κ1) is 20.4. The lowest BCUT2D eigenvalue weighted by molar-refractivity contribution is -0.161. The minimum absolute atomic E-state index is 0.0799. The van der Waals surface area contributed by atoms with Crippen molar-refractivity contribution in [2.75, 3.05) is 38.5 Å². The van der Waals surface area contributed by atoms with Crippen LogP contribution >= 0.6 is 23.1 Å². The Morgan fingerprint density at radius 1 is 1.28 bits per heavy atom. The van der Waals surface area contributed by atoms with Crippen molar-refractivity contribution in [2.45, 2.75) is 36.9 Å². The van der Waals surface area contributed by atoms with Crippen LogP contribution < -0.4 is 0 Å². The first-order valence-electron chi connectivity index (χ1n) is 9.77. The van der Waals surface area contributed by atoms with E-state index in [4.69, 9.17) is 4.74 Å². The van der Waals surface area contributed by atoms with Gasteiger partial charge in [0, 0.05) is 31.1 Å². The van der Waals surface area contributed by atoms with Gasteiger partial charge in [-0.1, -0.05) is 17.8 Å². The van der Waals surface area contributed by atoms with Crippen molar-refractivity contribution in [1.29, 1.82) is 0 Å². The molecule has 156 valence electrons. The fourth-order valence-electron chi connectivity index (χ4n) is 3.80. The third-order valence-corrected chi connectivity index (χ3v) is 7.14. The maximum Gasteiger partial charge on any atom is 0.233 e. The minimum Gasteiger partial charge on any atom is -0.371 e. The Morgan fingerprint density at radius 2 is 2.10 bits per heavy atom. The van der Waals surface area contributed by atoms with Crippen molar-refractivity contribution < 1.29 is 14.3 Å². The zero-order valence-electron chi connectivity index (χ0n) is 16.4. The van der Waals surface area contributed by atoms with E-state index in [1.807, 2.05) is 34.2 Å². The Hall–Kier alpha value is -1.91. The molecule has 1 spiro atoms. The normalized spacial score (nSPS) is 18.9. The Labute approximate surface area is 178 Å². The summed E-state index contributed by atoms with van der Waals surface area (Å²) in [7, 11) is 0. The van der Waals surface area contributed by atoms with Gasteiger partial charge in [-0.05, 0) is 31.2 Å². The molecular weight excluding hydrogens is 410 g/mol. The van der Waals surface area contributed by atoms with E-state index < -0.39 is 0 Å². The summed E-state index contributed by atoms with van der Waals surface area (Å²) < 4.78 is 6.12. The number of thiophene rings is 1. The van der Waals surface area contributed by atoms with Crippen LogP contribution in [-0.2, 0) is 20.7 Å². The van der Waals surface area contributed by atoms with Crippen LogP contribution in [0.3, 0.4) is 0 Å². The zero-order valence-corrected chi connectivity index (χ0v) is 18.1. The Balaban J connectivity index is 1.27. The fourth-order valence-corrected chi connectivity index (χ4v) is 5.24. The summed E-state index contributed by atoms with van der Waals surface area (Å²) in [4.78, 5) is 34.4. The molecule has 2 aromatic heterocycles. The van der Waals surface area contributed by atoms with Gasteiger partial charge in [0.1, 0.15) is 5.82 Å². The number of morpholine rings is 1. The van der Waals surface area contributed by atoms with Crippen molar-refractivity contribution in [3.05, 3.63) is 28.2 Å². The molecule has 2 aromatic rings. The van der Waals surface area contributed by atoms with Gasteiger partial charge < -0.3 is 14.5 Å². The van der Waals surface area contributed by atoms with E-state index in [-0.39, 0.29) is 17.4 Å². The predicted molar refractivity (Wildman–Crippen MR) is 111 cm³/mol. The van der Waals surface area contributed by atoms with Gasteiger partial charge in [-0.3, -0.25) is 14.7 Å². The molecule has 8 nitrogen and oxygen atoms in total. The molecule has 4 heterocycles. The number of ether oxygens (including phenoxy) is 1. The van der Waals surface area contributed by atoms with Crippen molar-refractivity contribution in [2.24, 2.45) is 0 Å². The van der Waals surface area contributed by atoms with E-state index in [9.17, 15) is 9.59 Å². The number of H-pyrrole nitrogens is 1. The van der Waals surface area contributed by atoms with Gasteiger partial charge in [0.15, 0.2) is 0 Å². The molecule has 1 N–H and O–H groups in total. The van der Waals surface area contributed by atoms with Crippen molar-refractivity contribution in [3.8, 4) is 0 Å². The summed E-state index contributed by atoms with van der Waals surface area (Å²) in [6.45, 7) is 4.93. The third kappa shape index (κ3) is 4.99. The molecule has 0 atom stereocenters. The van der Waals surface area contributed by atoms with E-state index in [1.165, 1.54) is 11.8 Å². The average molecular weight is 436 g/mol. The number of piperidine rings is 1. The number of carbonyl (C=O) groups is 2. The van der Waals surface area contributed by atoms with Gasteiger partial charge >= 0.3 is 0 Å². The molecule has 0 saturated carbocycles. The van der Waals surface area contributed by atoms with Crippen LogP contribution in [0, 0.1) is 6.92 Å². The molecule has 2 aliphatic heterocycles. The number of carbonyl (C=O) groups excluding carboxylic acids is 2. The quantitative estimate of drug-likeness (QED) is 0.720. The molecule has 29 heavy (non-hydrogen) atoms. The molecule has 2 fully saturated rings. The highest BCUT2D eigenvalue weighted by molar-refractivity contribution is 7.99. The Kier molecular flexibility index (Phi) is 6.21. The summed E-state index contributed by atoms with van der Waals surface area (Å²) in [5, 5.41) is 9.44. The molecule has 0 aliphatic carbocycles. The monoisotopic (exact) mass is 435 g/mol. The molecule has 0 bridgehead atoms. The third-order valence-electron chi connectivity index (χ3n) is 5.44. The summed E-state index contributed by atoms with van der Waals surface area (Å²) in [5.41, 5.74) is -0.334. The highest BCUT2D eigenvalue weighted by atomic mass is 32.2. The summed E-state index contributed by atoms with van der Waals surface area (Å²) in [6.07, 6.45) is 1.99. The first-order chi connectivity index (χ1) is 14.0. The number of hydrogen-bond acceptors (Lipinski definition) is 7. The minimum atomic E-state index is -0.334. The van der Waals surface area contributed by atoms with Crippen LogP contribution in [0.25, 0.3) is 0 Å². The summed E-state index contributed by atoms with van der Waals surface area (Å²) in [6, 6.07) is 3.97. The van der Waals surface area contributed by atoms with Crippen LogP contribution in [0.2, 0.25) is 0 Å². The van der Waals surface area contributed by atoms with Gasteiger partial charge in [-0.15, -0.1) is 16.4 Å². The smallest absolute Gasteiger partial charge is 0.233 e. The van der Waals surface area contributed by atoms with Crippen molar-refractivity contribution >= 4 is 34.9 Å². The Morgan fingerprint density at radius 3 is 2.79 bits per heavy atom. The largest absolute Gasteiger partial charge is 0.371 e. The van der Waals surface area contributed by atoms with E-state index >= 15 is 0 Å². The number of hydrogen-bond donors (Lipinski definition) is 1. The van der Waals surface area contributed by atoms with Crippen LogP contribution in [0.15, 0.2) is 22.7 Å². The molecule has 0 radical (unpaired) electrons. The van der Waals surface area contributed by atoms with E-state index in [2.05, 4.69) is 15.2 Å². The number of nitrogens with one attached hydrogen (secondary N) is 1. The van der Waals surface area contributed by atoms with Crippen LogP contribution in [0.1, 0.15) is 23.5 Å². The van der Waals surface area contributed by atoms with Crippen LogP contribution in [0.5, 0.6) is 0 Å². The molecule has 0 aromatic carbocycles. The standard InChI is InChI=1S/C19H25N5O3S2/c1-14-20-18(22-21-14)29-12-17(26)24-8-9-27-19(13-24)4-6-23(7-5-19)16(25)11-15-3-2-10-28-15/h2-3,10H,4-9,11-13H2,1H3,(H,20,21,22). The second-order valence-corrected chi connectivity index (χ2v) is 9.45. The lowest BCUT2D eigenvalue weighted by atomic mass is 9.89. The topological polar surface area (TPSA) is 91.4 Å². The van der Waals surface area contributed by atoms with E-state index in [0.717, 1.165) is 23.5 Å². The van der Waals surface area contributed by atoms with Crippen LogP contribution in [0.4, 0.5) is 0 Å². The SMILES string of the molecule is Cc1nc(SCC(=O)N2CCOC3(CCN(C(=O)Cc4cccs4)CC3)C2)n[nH]1. The molecular formula is C19H25N5O3S2. The number of aryl methyl sites for hydroxylation is 1. The highest BCUT2D eigenvalue weighted by Gasteiger charge is 2.41. The molecule has 2 saturated heterocycles. The van der Waals surface area contributed by atoms with Gasteiger partial charge in [-0.2, -0.15) is 0 Å². The molecule has 0 unspecified atom stereocenters. The predicted octanol–water partition coefficient (Wildman–Crippen LogP) is 1.73. The van der Waals surface area contributed by atoms with Crippen molar-refractivity contribution in [1.82, 2.24) is 25.0 Å². The lowest BCUT2D eigenvalue weighted by Crippen LogP contribution is -2.59. The zero-order chi connectivity index (χ0) is 20.3. The fraction of sp³-hybridized carbons (Fsp3) is 0.579. The molecule has 2 aliphatic rings. The maximum absolute atomic E-state index is 12.7. The van der Waals surface area contributed by atoms with Gasteiger partial charge in [0.05, 0.1) is 24.4 Å². The second-order valence-electron chi connectivity index (χ2n) is 7.48. The lowest BCUT2D eigenvalue weighted by Gasteiger charge is -2.47. The van der Waals surface area contributed by atoms with E-state index in [1.54, 1.807) is 11.3 Å².